The maximum Gasteiger partial charge on any atom is 0.270 e. The van der Waals surface area contributed by atoms with Crippen LogP contribution in [0.1, 0.15) is 0 Å². The van der Waals surface area contributed by atoms with Gasteiger partial charge in [-0.05, 0) is 12.1 Å². The SMILES string of the molecule is O=C(/C=N/O)Nc1cccc2c1OCO2. The first kappa shape index (κ1) is 9.32. The van der Waals surface area contributed by atoms with Crippen molar-refractivity contribution in [3.8, 4) is 11.5 Å². The van der Waals surface area contributed by atoms with Gasteiger partial charge < -0.3 is 20.0 Å². The van der Waals surface area contributed by atoms with Crippen LogP contribution in [-0.2, 0) is 4.79 Å². The van der Waals surface area contributed by atoms with Gasteiger partial charge in [-0.15, -0.1) is 0 Å². The Hall–Kier alpha value is -2.24. The molecule has 1 heterocycles. The number of amides is 1. The van der Waals surface area contributed by atoms with Gasteiger partial charge in [0.25, 0.3) is 5.91 Å². The number of fused-ring (bicyclic) bond motifs is 1. The highest BCUT2D eigenvalue weighted by atomic mass is 16.7. The molecule has 0 aliphatic carbocycles. The van der Waals surface area contributed by atoms with E-state index in [0.29, 0.717) is 17.2 Å². The molecule has 0 aromatic heterocycles. The monoisotopic (exact) mass is 208 g/mol. The van der Waals surface area contributed by atoms with Gasteiger partial charge in [0.15, 0.2) is 11.5 Å². The summed E-state index contributed by atoms with van der Waals surface area (Å²) in [6, 6.07) is 5.12. The molecule has 1 aromatic carbocycles. The van der Waals surface area contributed by atoms with Gasteiger partial charge in [0.05, 0.1) is 5.69 Å². The number of carbonyl (C=O) groups is 1. The fraction of sp³-hybridized carbons (Fsp3) is 0.111. The van der Waals surface area contributed by atoms with Gasteiger partial charge in [0.2, 0.25) is 6.79 Å². The number of nitrogens with zero attached hydrogens (tertiary/aromatic N) is 1. The Balaban J connectivity index is 2.22. The number of ether oxygens (including phenoxy) is 2. The Kier molecular flexibility index (Phi) is 2.40. The molecule has 1 amide bonds. The zero-order valence-corrected chi connectivity index (χ0v) is 7.64. The zero-order valence-electron chi connectivity index (χ0n) is 7.64. The van der Waals surface area contributed by atoms with Crippen molar-refractivity contribution in [2.75, 3.05) is 12.1 Å². The largest absolute Gasteiger partial charge is 0.454 e. The van der Waals surface area contributed by atoms with Gasteiger partial charge in [0.1, 0.15) is 6.21 Å². The maximum absolute atomic E-state index is 11.1. The molecule has 6 heteroatoms. The number of benzene rings is 1. The van der Waals surface area contributed by atoms with Crippen LogP contribution in [-0.4, -0.2) is 24.1 Å². The van der Waals surface area contributed by atoms with Crippen molar-refractivity contribution in [3.05, 3.63) is 18.2 Å². The number of nitrogens with one attached hydrogen (secondary N) is 1. The number of para-hydroxylation sites is 1. The molecule has 6 nitrogen and oxygen atoms in total. The van der Waals surface area contributed by atoms with E-state index in [0.717, 1.165) is 6.21 Å². The van der Waals surface area contributed by atoms with E-state index in [1.54, 1.807) is 18.2 Å². The fourth-order valence-electron chi connectivity index (χ4n) is 1.25. The first-order chi connectivity index (χ1) is 7.31. The van der Waals surface area contributed by atoms with Crippen LogP contribution < -0.4 is 14.8 Å². The first-order valence-electron chi connectivity index (χ1n) is 4.18. The third kappa shape index (κ3) is 1.83. The molecular weight excluding hydrogens is 200 g/mol. The topological polar surface area (TPSA) is 80.2 Å². The average molecular weight is 208 g/mol. The molecule has 0 spiro atoms. The van der Waals surface area contributed by atoms with E-state index in [4.69, 9.17) is 14.7 Å². The Labute approximate surface area is 85.1 Å². The summed E-state index contributed by atoms with van der Waals surface area (Å²) >= 11 is 0. The lowest BCUT2D eigenvalue weighted by atomic mass is 10.2. The molecule has 2 N–H and O–H groups in total. The molecule has 78 valence electrons. The summed E-state index contributed by atoms with van der Waals surface area (Å²) in [6.07, 6.45) is 0.759. The van der Waals surface area contributed by atoms with Crippen LogP contribution in [0.25, 0.3) is 0 Å². The number of anilines is 1. The van der Waals surface area contributed by atoms with E-state index in [9.17, 15) is 4.79 Å². The number of hydrogen-bond acceptors (Lipinski definition) is 5. The van der Waals surface area contributed by atoms with Crippen molar-refractivity contribution < 1.29 is 19.5 Å². The van der Waals surface area contributed by atoms with Crippen LogP contribution in [0, 0.1) is 0 Å². The third-order valence-corrected chi connectivity index (χ3v) is 1.83. The van der Waals surface area contributed by atoms with Gasteiger partial charge in [-0.3, -0.25) is 4.79 Å². The van der Waals surface area contributed by atoms with Crippen LogP contribution in [0.2, 0.25) is 0 Å². The minimum Gasteiger partial charge on any atom is -0.454 e. The van der Waals surface area contributed by atoms with Gasteiger partial charge >= 0.3 is 0 Å². The summed E-state index contributed by atoms with van der Waals surface area (Å²) in [7, 11) is 0. The van der Waals surface area contributed by atoms with Crippen LogP contribution in [0.4, 0.5) is 5.69 Å². The normalized spacial score (nSPS) is 13.1. The molecule has 0 saturated heterocycles. The summed E-state index contributed by atoms with van der Waals surface area (Å²) in [6.45, 7) is 0.135. The highest BCUT2D eigenvalue weighted by molar-refractivity contribution is 6.31. The fourth-order valence-corrected chi connectivity index (χ4v) is 1.25. The van der Waals surface area contributed by atoms with Crippen LogP contribution in [0.5, 0.6) is 11.5 Å². The van der Waals surface area contributed by atoms with Crippen molar-refractivity contribution in [3.63, 3.8) is 0 Å². The van der Waals surface area contributed by atoms with Gasteiger partial charge in [0, 0.05) is 0 Å². The summed E-state index contributed by atoms with van der Waals surface area (Å²) in [4.78, 5) is 11.1. The molecule has 0 saturated carbocycles. The predicted octanol–water partition coefficient (Wildman–Crippen LogP) is 0.814. The van der Waals surface area contributed by atoms with E-state index >= 15 is 0 Å². The average Bonchev–Trinajstić information content (AvgIpc) is 2.67. The number of hydrogen-bond donors (Lipinski definition) is 2. The van der Waals surface area contributed by atoms with Crippen molar-refractivity contribution in [1.82, 2.24) is 0 Å². The Bertz CT molecular complexity index is 417. The second-order valence-corrected chi connectivity index (χ2v) is 2.77. The summed E-state index contributed by atoms with van der Waals surface area (Å²) in [5.41, 5.74) is 0.481. The van der Waals surface area contributed by atoms with Crippen molar-refractivity contribution in [1.29, 1.82) is 0 Å². The summed E-state index contributed by atoms with van der Waals surface area (Å²) in [5, 5.41) is 13.3. The summed E-state index contributed by atoms with van der Waals surface area (Å²) in [5.74, 6) is 0.521. The van der Waals surface area contributed by atoms with E-state index in [-0.39, 0.29) is 6.79 Å². The Morgan fingerprint density at radius 1 is 1.53 bits per heavy atom. The maximum atomic E-state index is 11.1. The molecule has 15 heavy (non-hydrogen) atoms. The smallest absolute Gasteiger partial charge is 0.270 e. The van der Waals surface area contributed by atoms with Crippen LogP contribution in [0.15, 0.2) is 23.4 Å². The van der Waals surface area contributed by atoms with E-state index < -0.39 is 5.91 Å². The zero-order chi connectivity index (χ0) is 10.7. The highest BCUT2D eigenvalue weighted by Gasteiger charge is 2.17. The van der Waals surface area contributed by atoms with Gasteiger partial charge in [-0.2, -0.15) is 0 Å². The molecular formula is C9H8N2O4. The molecule has 0 radical (unpaired) electrons. The highest BCUT2D eigenvalue weighted by Crippen LogP contribution is 2.38. The second-order valence-electron chi connectivity index (χ2n) is 2.77. The van der Waals surface area contributed by atoms with E-state index in [1.807, 2.05) is 0 Å². The van der Waals surface area contributed by atoms with E-state index in [2.05, 4.69) is 10.5 Å². The molecule has 1 aliphatic rings. The third-order valence-electron chi connectivity index (χ3n) is 1.83. The van der Waals surface area contributed by atoms with Gasteiger partial charge in [-0.1, -0.05) is 11.2 Å². The molecule has 0 unspecified atom stereocenters. The van der Waals surface area contributed by atoms with Crippen molar-refractivity contribution in [2.45, 2.75) is 0 Å². The second kappa shape index (κ2) is 3.87. The number of oxime groups is 1. The molecule has 0 fully saturated rings. The standard InChI is InChI=1S/C9H8N2O4/c12-8(4-10-13)11-6-2-1-3-7-9(6)15-5-14-7/h1-4,13H,5H2,(H,11,12)/b10-4+. The number of carbonyl (C=O) groups excluding carboxylic acids is 1. The lowest BCUT2D eigenvalue weighted by Gasteiger charge is -2.04. The van der Waals surface area contributed by atoms with E-state index in [1.165, 1.54) is 0 Å². The molecule has 2 rings (SSSR count). The lowest BCUT2D eigenvalue weighted by Crippen LogP contribution is -2.12. The predicted molar refractivity (Wildman–Crippen MR) is 51.5 cm³/mol. The van der Waals surface area contributed by atoms with Crippen molar-refractivity contribution >= 4 is 17.8 Å². The Morgan fingerprint density at radius 3 is 3.20 bits per heavy atom. The summed E-state index contributed by atoms with van der Waals surface area (Å²) < 4.78 is 10.3. The van der Waals surface area contributed by atoms with Crippen LogP contribution in [0.3, 0.4) is 0 Å². The molecule has 0 bridgehead atoms. The quantitative estimate of drug-likeness (QED) is 0.428. The number of rotatable bonds is 2. The van der Waals surface area contributed by atoms with Crippen LogP contribution >= 0.6 is 0 Å². The van der Waals surface area contributed by atoms with Crippen molar-refractivity contribution in [2.24, 2.45) is 5.16 Å². The first-order valence-corrected chi connectivity index (χ1v) is 4.18. The van der Waals surface area contributed by atoms with Gasteiger partial charge in [-0.25, -0.2) is 0 Å². The molecule has 0 atom stereocenters. The Morgan fingerprint density at radius 2 is 2.40 bits per heavy atom. The lowest BCUT2D eigenvalue weighted by molar-refractivity contribution is -0.110. The minimum absolute atomic E-state index is 0.135. The minimum atomic E-state index is -0.540. The molecule has 1 aromatic rings. The molecule has 1 aliphatic heterocycles.